The van der Waals surface area contributed by atoms with E-state index in [-0.39, 0.29) is 5.78 Å². The average molecular weight is 320 g/mol. The van der Waals surface area contributed by atoms with Gasteiger partial charge in [0.05, 0.1) is 0 Å². The van der Waals surface area contributed by atoms with Gasteiger partial charge in [-0.15, -0.1) is 0 Å². The van der Waals surface area contributed by atoms with Gasteiger partial charge in [-0.3, -0.25) is 4.79 Å². The third kappa shape index (κ3) is 1.36. The monoisotopic (exact) mass is 320 g/mol. The Bertz CT molecular complexity index is 927. The first-order chi connectivity index (χ1) is 11.3. The number of ketones is 1. The fourth-order valence-corrected chi connectivity index (χ4v) is 5.25. The molecule has 0 saturated carbocycles. The van der Waals surface area contributed by atoms with Crippen molar-refractivity contribution in [1.82, 2.24) is 0 Å². The Morgan fingerprint density at radius 3 is 2.58 bits per heavy atom. The van der Waals surface area contributed by atoms with Gasteiger partial charge < -0.3 is 9.47 Å². The molecule has 3 aliphatic rings. The largest absolute Gasteiger partial charge is 0.335 e. The van der Waals surface area contributed by atoms with Crippen molar-refractivity contribution in [3.8, 4) is 0 Å². The lowest BCUT2D eigenvalue weighted by Crippen LogP contribution is -2.44. The molecule has 5 rings (SSSR count). The van der Waals surface area contributed by atoms with Crippen LogP contribution in [-0.2, 0) is 27.1 Å². The van der Waals surface area contributed by atoms with Crippen LogP contribution in [0.4, 0.5) is 0 Å². The molecule has 0 N–H and O–H groups in total. The van der Waals surface area contributed by atoms with Gasteiger partial charge in [0, 0.05) is 17.5 Å². The molecule has 0 aromatic heterocycles. The van der Waals surface area contributed by atoms with Gasteiger partial charge in [0.25, 0.3) is 0 Å². The van der Waals surface area contributed by atoms with Crippen LogP contribution in [0, 0.1) is 13.8 Å². The standard InChI is InChI=1S/C21H20O3/c1-12-9-13(2)17-14(10-12)11-20-16-8-6-5-7-15(16)18(22)21(17,20)24-19(3,4)23-20/h5-10H,11H2,1-4H3. The number of carbonyl (C=O) groups excluding carboxylic acids is 1. The van der Waals surface area contributed by atoms with Crippen molar-refractivity contribution in [2.45, 2.75) is 51.1 Å². The van der Waals surface area contributed by atoms with Crippen molar-refractivity contribution >= 4 is 5.78 Å². The molecular weight excluding hydrogens is 300 g/mol. The van der Waals surface area contributed by atoms with E-state index in [1.807, 2.05) is 38.1 Å². The van der Waals surface area contributed by atoms with Crippen LogP contribution < -0.4 is 0 Å². The number of Topliss-reactive ketones (excluding diaryl/α,β-unsaturated/α-hetero) is 1. The van der Waals surface area contributed by atoms with E-state index in [9.17, 15) is 4.79 Å². The van der Waals surface area contributed by atoms with Gasteiger partial charge >= 0.3 is 0 Å². The molecule has 2 unspecified atom stereocenters. The number of hydrogen-bond acceptors (Lipinski definition) is 3. The molecule has 1 aliphatic heterocycles. The number of benzene rings is 2. The number of fused-ring (bicyclic) bond motifs is 2. The molecule has 1 heterocycles. The van der Waals surface area contributed by atoms with Crippen molar-refractivity contribution in [3.63, 3.8) is 0 Å². The minimum atomic E-state index is -1.05. The summed E-state index contributed by atoms with van der Waals surface area (Å²) >= 11 is 0. The van der Waals surface area contributed by atoms with Crippen molar-refractivity contribution in [1.29, 1.82) is 0 Å². The zero-order valence-electron chi connectivity index (χ0n) is 14.4. The van der Waals surface area contributed by atoms with E-state index >= 15 is 0 Å². The minimum Gasteiger partial charge on any atom is -0.335 e. The molecule has 24 heavy (non-hydrogen) atoms. The number of rotatable bonds is 0. The van der Waals surface area contributed by atoms with Crippen LogP contribution in [0.25, 0.3) is 0 Å². The normalized spacial score (nSPS) is 31.6. The Morgan fingerprint density at radius 2 is 1.79 bits per heavy atom. The lowest BCUT2D eigenvalue weighted by molar-refractivity contribution is -0.171. The number of hydrogen-bond donors (Lipinski definition) is 0. The summed E-state index contributed by atoms with van der Waals surface area (Å²) in [6.07, 6.45) is 0.678. The molecule has 2 aromatic carbocycles. The van der Waals surface area contributed by atoms with Crippen LogP contribution in [0.2, 0.25) is 0 Å². The molecule has 0 radical (unpaired) electrons. The predicted molar refractivity (Wildman–Crippen MR) is 90.0 cm³/mol. The molecule has 3 heteroatoms. The molecule has 122 valence electrons. The maximum absolute atomic E-state index is 13.6. The van der Waals surface area contributed by atoms with Crippen molar-refractivity contribution in [2.24, 2.45) is 0 Å². The first-order valence-corrected chi connectivity index (χ1v) is 8.46. The Morgan fingerprint density at radius 1 is 1.04 bits per heavy atom. The maximum atomic E-state index is 13.6. The zero-order valence-corrected chi connectivity index (χ0v) is 14.4. The van der Waals surface area contributed by atoms with Gasteiger partial charge in [-0.05, 0) is 44.4 Å². The van der Waals surface area contributed by atoms with Crippen molar-refractivity contribution in [2.75, 3.05) is 0 Å². The van der Waals surface area contributed by atoms with Gasteiger partial charge in [-0.25, -0.2) is 0 Å². The van der Waals surface area contributed by atoms with Crippen LogP contribution in [0.1, 0.15) is 52.0 Å². The number of aryl methyl sites for hydroxylation is 2. The van der Waals surface area contributed by atoms with Gasteiger partial charge in [0.1, 0.15) is 5.60 Å². The summed E-state index contributed by atoms with van der Waals surface area (Å²) < 4.78 is 13.0. The first-order valence-electron chi connectivity index (χ1n) is 8.46. The number of ether oxygens (including phenoxy) is 2. The molecule has 3 nitrogen and oxygen atoms in total. The van der Waals surface area contributed by atoms with E-state index in [1.54, 1.807) is 0 Å². The third-order valence-electron chi connectivity index (χ3n) is 5.67. The van der Waals surface area contributed by atoms with E-state index in [1.165, 1.54) is 11.1 Å². The Kier molecular flexibility index (Phi) is 2.39. The molecule has 2 aromatic rings. The van der Waals surface area contributed by atoms with Crippen LogP contribution in [0.5, 0.6) is 0 Å². The third-order valence-corrected chi connectivity index (χ3v) is 5.67. The lowest BCUT2D eigenvalue weighted by atomic mass is 9.82. The number of carbonyl (C=O) groups is 1. The summed E-state index contributed by atoms with van der Waals surface area (Å²) in [6.45, 7) is 7.97. The quantitative estimate of drug-likeness (QED) is 0.738. The fourth-order valence-electron chi connectivity index (χ4n) is 5.25. The van der Waals surface area contributed by atoms with Crippen LogP contribution in [-0.4, -0.2) is 11.6 Å². The van der Waals surface area contributed by atoms with E-state index in [2.05, 4.69) is 26.0 Å². The predicted octanol–water partition coefficient (Wildman–Crippen LogP) is 3.93. The first kappa shape index (κ1) is 14.4. The Balaban J connectivity index is 1.91. The minimum absolute atomic E-state index is 0.0365. The molecule has 0 bridgehead atoms. The molecule has 0 amide bonds. The van der Waals surface area contributed by atoms with Crippen LogP contribution in [0.15, 0.2) is 36.4 Å². The van der Waals surface area contributed by atoms with Crippen molar-refractivity contribution < 1.29 is 14.3 Å². The van der Waals surface area contributed by atoms with Gasteiger partial charge in [0.2, 0.25) is 5.78 Å². The summed E-state index contributed by atoms with van der Waals surface area (Å²) in [5.74, 6) is -0.757. The SMILES string of the molecule is Cc1cc(C)c2c(c1)CC13OC(C)(C)OC21C(=O)c1ccccc13. The topological polar surface area (TPSA) is 35.5 Å². The highest BCUT2D eigenvalue weighted by Gasteiger charge is 2.76. The highest BCUT2D eigenvalue weighted by atomic mass is 16.8. The fraction of sp³-hybridized carbons (Fsp3) is 0.381. The highest BCUT2D eigenvalue weighted by molar-refractivity contribution is 6.10. The summed E-state index contributed by atoms with van der Waals surface area (Å²) in [7, 11) is 0. The Labute approximate surface area is 141 Å². The summed E-state index contributed by atoms with van der Waals surface area (Å²) in [4.78, 5) is 13.6. The molecule has 2 atom stereocenters. The zero-order chi connectivity index (χ0) is 16.9. The van der Waals surface area contributed by atoms with Crippen LogP contribution in [0.3, 0.4) is 0 Å². The van der Waals surface area contributed by atoms with E-state index in [0.29, 0.717) is 6.42 Å². The second kappa shape index (κ2) is 3.98. The maximum Gasteiger partial charge on any atom is 0.203 e. The summed E-state index contributed by atoms with van der Waals surface area (Å²) in [5.41, 5.74) is 4.41. The second-order valence-electron chi connectivity index (χ2n) is 7.78. The molecule has 2 aliphatic carbocycles. The van der Waals surface area contributed by atoms with Gasteiger partial charge in [0.15, 0.2) is 11.4 Å². The van der Waals surface area contributed by atoms with Gasteiger partial charge in [-0.2, -0.15) is 0 Å². The van der Waals surface area contributed by atoms with Crippen molar-refractivity contribution in [3.05, 3.63) is 69.8 Å². The van der Waals surface area contributed by atoms with E-state index in [4.69, 9.17) is 9.47 Å². The molecule has 1 saturated heterocycles. The summed E-state index contributed by atoms with van der Waals surface area (Å²) in [6, 6.07) is 12.1. The molecule has 1 fully saturated rings. The van der Waals surface area contributed by atoms with Gasteiger partial charge in [-0.1, -0.05) is 42.0 Å². The highest BCUT2D eigenvalue weighted by Crippen LogP contribution is 2.67. The summed E-state index contributed by atoms with van der Waals surface area (Å²) in [5, 5.41) is 0. The lowest BCUT2D eigenvalue weighted by Gasteiger charge is -2.30. The smallest absolute Gasteiger partial charge is 0.203 e. The van der Waals surface area contributed by atoms with E-state index < -0.39 is 17.0 Å². The average Bonchev–Trinajstić information content (AvgIpc) is 2.95. The molecular formula is C21H20O3. The Hall–Kier alpha value is -1.97. The molecule has 0 spiro atoms. The van der Waals surface area contributed by atoms with Crippen LogP contribution >= 0.6 is 0 Å². The van der Waals surface area contributed by atoms with E-state index in [0.717, 1.165) is 22.3 Å². The second-order valence-corrected chi connectivity index (χ2v) is 7.78.